The number of hydrogen-bond acceptors (Lipinski definition) is 7. The lowest BCUT2D eigenvalue weighted by atomic mass is 10.1. The van der Waals surface area contributed by atoms with Gasteiger partial charge in [0, 0.05) is 38.8 Å². The highest BCUT2D eigenvalue weighted by atomic mass is 19.1. The predicted octanol–water partition coefficient (Wildman–Crippen LogP) is 4.20. The summed E-state index contributed by atoms with van der Waals surface area (Å²) >= 11 is 0. The smallest absolute Gasteiger partial charge is 0.254 e. The van der Waals surface area contributed by atoms with Crippen molar-refractivity contribution in [2.75, 3.05) is 42.8 Å². The van der Waals surface area contributed by atoms with Crippen LogP contribution in [0.4, 0.5) is 21.5 Å². The third-order valence-corrected chi connectivity index (χ3v) is 6.73. The zero-order valence-electron chi connectivity index (χ0n) is 24.9. The number of anilines is 3. The van der Waals surface area contributed by atoms with Gasteiger partial charge in [0.1, 0.15) is 24.2 Å². The van der Waals surface area contributed by atoms with Crippen molar-refractivity contribution in [3.8, 4) is 11.5 Å². The topological polar surface area (TPSA) is 138 Å². The van der Waals surface area contributed by atoms with Crippen molar-refractivity contribution in [2.24, 2.45) is 0 Å². The molecule has 0 aromatic heterocycles. The Morgan fingerprint density at radius 3 is 2.52 bits per heavy atom. The Morgan fingerprint density at radius 1 is 1.02 bits per heavy atom. The predicted molar refractivity (Wildman–Crippen MR) is 164 cm³/mol. The summed E-state index contributed by atoms with van der Waals surface area (Å²) in [4.78, 5) is 53.2. The van der Waals surface area contributed by atoms with Crippen LogP contribution >= 0.6 is 0 Å². The molecule has 0 saturated carbocycles. The van der Waals surface area contributed by atoms with Crippen LogP contribution in [-0.4, -0.2) is 56.9 Å². The van der Waals surface area contributed by atoms with E-state index in [4.69, 9.17) is 9.47 Å². The van der Waals surface area contributed by atoms with Gasteiger partial charge in [-0.15, -0.1) is 0 Å². The van der Waals surface area contributed by atoms with E-state index < -0.39 is 23.8 Å². The molecule has 11 nitrogen and oxygen atoms in total. The molecule has 0 saturated heterocycles. The van der Waals surface area contributed by atoms with Crippen LogP contribution in [0.1, 0.15) is 42.1 Å². The SMILES string of the molecule is CCCNC(=O)CC[C@H]1NC(=O)c2cc(Oc3cccc(N(C)C)c3)c(NC(=O)COCc3ccc(F)cc3)cc2NC1=O. The summed E-state index contributed by atoms with van der Waals surface area (Å²) in [6.45, 7) is 2.23. The fourth-order valence-corrected chi connectivity index (χ4v) is 4.39. The van der Waals surface area contributed by atoms with Gasteiger partial charge >= 0.3 is 0 Å². The first-order chi connectivity index (χ1) is 21.1. The quantitative estimate of drug-likeness (QED) is 0.229. The van der Waals surface area contributed by atoms with Crippen molar-refractivity contribution in [1.82, 2.24) is 10.6 Å². The molecule has 4 N–H and O–H groups in total. The number of carbonyl (C=O) groups is 4. The van der Waals surface area contributed by atoms with Crippen LogP contribution < -0.4 is 30.9 Å². The van der Waals surface area contributed by atoms with E-state index >= 15 is 0 Å². The molecule has 4 rings (SSSR count). The molecule has 4 amide bonds. The van der Waals surface area contributed by atoms with Gasteiger partial charge in [0.25, 0.3) is 5.91 Å². The van der Waals surface area contributed by atoms with E-state index in [1.165, 1.54) is 24.3 Å². The number of halogens is 1. The number of hydrogen-bond donors (Lipinski definition) is 4. The molecular weight excluding hydrogens is 569 g/mol. The molecule has 0 radical (unpaired) electrons. The van der Waals surface area contributed by atoms with Crippen LogP contribution in [0, 0.1) is 5.82 Å². The van der Waals surface area contributed by atoms with E-state index in [0.717, 1.165) is 12.1 Å². The Labute approximate surface area is 255 Å². The summed E-state index contributed by atoms with van der Waals surface area (Å²) in [6, 6.07) is 14.9. The molecule has 1 atom stereocenters. The molecule has 232 valence electrons. The number of nitrogens with one attached hydrogen (secondary N) is 4. The Kier molecular flexibility index (Phi) is 10.9. The lowest BCUT2D eigenvalue weighted by Gasteiger charge is -2.18. The largest absolute Gasteiger partial charge is 0.455 e. The van der Waals surface area contributed by atoms with Gasteiger partial charge in [-0.2, -0.15) is 0 Å². The Bertz CT molecular complexity index is 1510. The highest BCUT2D eigenvalue weighted by molar-refractivity contribution is 6.11. The van der Waals surface area contributed by atoms with Crippen molar-refractivity contribution in [1.29, 1.82) is 0 Å². The molecule has 12 heteroatoms. The van der Waals surface area contributed by atoms with Crippen molar-refractivity contribution >= 4 is 40.7 Å². The van der Waals surface area contributed by atoms with Crippen molar-refractivity contribution in [2.45, 2.75) is 38.8 Å². The number of rotatable bonds is 13. The first kappa shape index (κ1) is 32.0. The second-order valence-electron chi connectivity index (χ2n) is 10.5. The molecule has 3 aromatic rings. The zero-order chi connectivity index (χ0) is 31.6. The van der Waals surface area contributed by atoms with E-state index in [1.807, 2.05) is 38.1 Å². The molecule has 1 aliphatic rings. The van der Waals surface area contributed by atoms with Gasteiger partial charge in [-0.1, -0.05) is 25.1 Å². The van der Waals surface area contributed by atoms with Crippen LogP contribution in [0.5, 0.6) is 11.5 Å². The minimum absolute atomic E-state index is 0.0600. The van der Waals surface area contributed by atoms with Gasteiger partial charge < -0.3 is 35.6 Å². The molecule has 44 heavy (non-hydrogen) atoms. The summed E-state index contributed by atoms with van der Waals surface area (Å²) in [5.74, 6) is -1.51. The maximum atomic E-state index is 13.3. The fourth-order valence-electron chi connectivity index (χ4n) is 4.39. The van der Waals surface area contributed by atoms with Crippen LogP contribution in [0.25, 0.3) is 0 Å². The molecule has 1 aliphatic heterocycles. The van der Waals surface area contributed by atoms with Crippen molar-refractivity contribution < 1.29 is 33.0 Å². The third-order valence-electron chi connectivity index (χ3n) is 6.73. The van der Waals surface area contributed by atoms with E-state index in [-0.39, 0.29) is 60.5 Å². The standard InChI is InChI=1S/C32H36FN5O6/c1-4-14-34-29(39)13-12-25-32(42)37-26-17-27(35-30(40)19-43-18-20-8-10-21(33)11-9-20)28(16-24(26)31(41)36-25)44-23-7-5-6-22(15-23)38(2)3/h5-11,15-17,25H,4,12-14,18-19H2,1-3H3,(H,34,39)(H,35,40)(H,36,41)(H,37,42)/t25-/m1/s1. The van der Waals surface area contributed by atoms with Crippen LogP contribution in [0.15, 0.2) is 60.7 Å². The zero-order valence-corrected chi connectivity index (χ0v) is 24.9. The van der Waals surface area contributed by atoms with E-state index in [9.17, 15) is 23.6 Å². The van der Waals surface area contributed by atoms with E-state index in [0.29, 0.717) is 17.9 Å². The average Bonchev–Trinajstić information content (AvgIpc) is 3.11. The number of fused-ring (bicyclic) bond motifs is 1. The monoisotopic (exact) mass is 605 g/mol. The Hall–Kier alpha value is -4.97. The number of ether oxygens (including phenoxy) is 2. The summed E-state index contributed by atoms with van der Waals surface area (Å²) in [7, 11) is 3.77. The molecule has 1 heterocycles. The van der Waals surface area contributed by atoms with Crippen LogP contribution in [-0.2, 0) is 25.7 Å². The highest BCUT2D eigenvalue weighted by Crippen LogP contribution is 2.37. The van der Waals surface area contributed by atoms with Gasteiger partial charge in [-0.25, -0.2) is 4.39 Å². The maximum Gasteiger partial charge on any atom is 0.254 e. The van der Waals surface area contributed by atoms with Crippen LogP contribution in [0.3, 0.4) is 0 Å². The lowest BCUT2D eigenvalue weighted by molar-refractivity contribution is -0.122. The van der Waals surface area contributed by atoms with Crippen molar-refractivity contribution in [3.05, 3.63) is 77.6 Å². The number of carbonyl (C=O) groups excluding carboxylic acids is 4. The average molecular weight is 606 g/mol. The summed E-state index contributed by atoms with van der Waals surface area (Å²) in [5, 5.41) is 10.9. The number of nitrogens with zero attached hydrogens (tertiary/aromatic N) is 1. The van der Waals surface area contributed by atoms with Crippen LogP contribution in [0.2, 0.25) is 0 Å². The Balaban J connectivity index is 1.55. The van der Waals surface area contributed by atoms with E-state index in [1.54, 1.807) is 24.3 Å². The number of amides is 4. The second-order valence-corrected chi connectivity index (χ2v) is 10.5. The third kappa shape index (κ3) is 8.77. The second kappa shape index (κ2) is 15.0. The lowest BCUT2D eigenvalue weighted by Crippen LogP contribution is -2.42. The Morgan fingerprint density at radius 2 is 1.80 bits per heavy atom. The summed E-state index contributed by atoms with van der Waals surface area (Å²) in [6.07, 6.45) is 0.950. The molecule has 0 aliphatic carbocycles. The normalized spacial score (nSPS) is 14.0. The van der Waals surface area contributed by atoms with Gasteiger partial charge in [-0.05, 0) is 54.8 Å². The molecular formula is C32H36FN5O6. The summed E-state index contributed by atoms with van der Waals surface area (Å²) in [5.41, 5.74) is 2.05. The maximum absolute atomic E-state index is 13.3. The van der Waals surface area contributed by atoms with Gasteiger partial charge in [-0.3, -0.25) is 19.2 Å². The minimum Gasteiger partial charge on any atom is -0.455 e. The fraction of sp³-hybridized carbons (Fsp3) is 0.312. The molecule has 3 aromatic carbocycles. The van der Waals surface area contributed by atoms with Gasteiger partial charge in [0.05, 0.1) is 23.5 Å². The first-order valence-corrected chi connectivity index (χ1v) is 14.3. The number of benzene rings is 3. The minimum atomic E-state index is -0.943. The van der Waals surface area contributed by atoms with Crippen molar-refractivity contribution in [3.63, 3.8) is 0 Å². The molecule has 0 spiro atoms. The molecule has 0 fully saturated rings. The van der Waals surface area contributed by atoms with Gasteiger partial charge in [0.15, 0.2) is 5.75 Å². The first-order valence-electron chi connectivity index (χ1n) is 14.3. The van der Waals surface area contributed by atoms with Gasteiger partial charge in [0.2, 0.25) is 17.7 Å². The van der Waals surface area contributed by atoms with E-state index in [2.05, 4.69) is 21.3 Å². The molecule has 0 unspecified atom stereocenters. The molecule has 0 bridgehead atoms. The highest BCUT2D eigenvalue weighted by Gasteiger charge is 2.30. The summed E-state index contributed by atoms with van der Waals surface area (Å²) < 4.78 is 24.8.